The van der Waals surface area contributed by atoms with Crippen molar-refractivity contribution in [3.8, 4) is 16.9 Å². The molecule has 7 heteroatoms. The molecule has 1 aliphatic carbocycles. The average Bonchev–Trinajstić information content (AvgIpc) is 3.40. The van der Waals surface area contributed by atoms with Crippen LogP contribution in [0.2, 0.25) is 0 Å². The number of amides is 1. The van der Waals surface area contributed by atoms with Gasteiger partial charge in [0.2, 0.25) is 5.91 Å². The zero-order chi connectivity index (χ0) is 26.4. The van der Waals surface area contributed by atoms with E-state index in [4.69, 9.17) is 9.84 Å². The number of hydrogen-bond donors (Lipinski definition) is 2. The summed E-state index contributed by atoms with van der Waals surface area (Å²) in [5.41, 5.74) is 4.14. The van der Waals surface area contributed by atoms with E-state index in [1.807, 2.05) is 38.1 Å². The van der Waals surface area contributed by atoms with Gasteiger partial charge in [-0.2, -0.15) is 0 Å². The molecule has 4 rings (SSSR count). The smallest absolute Gasteiger partial charge is 0.303 e. The Hall–Kier alpha value is -3.74. The van der Waals surface area contributed by atoms with Gasteiger partial charge < -0.3 is 15.2 Å². The van der Waals surface area contributed by atoms with Gasteiger partial charge in [0.25, 0.3) is 0 Å². The van der Waals surface area contributed by atoms with Crippen LogP contribution in [0.3, 0.4) is 0 Å². The van der Waals surface area contributed by atoms with E-state index in [0.29, 0.717) is 35.6 Å². The maximum absolute atomic E-state index is 15.6. The molecule has 1 aliphatic rings. The lowest BCUT2D eigenvalue weighted by Crippen LogP contribution is -2.27. The second-order valence-electron chi connectivity index (χ2n) is 9.57. The van der Waals surface area contributed by atoms with E-state index in [0.717, 1.165) is 42.4 Å². The van der Waals surface area contributed by atoms with Gasteiger partial charge in [-0.25, -0.2) is 4.39 Å². The molecule has 2 N–H and O–H groups in total. The summed E-state index contributed by atoms with van der Waals surface area (Å²) in [5, 5.41) is 12.1. The van der Waals surface area contributed by atoms with Crippen LogP contribution in [-0.2, 0) is 16.0 Å². The summed E-state index contributed by atoms with van der Waals surface area (Å²) in [5.74, 6) is -1.47. The molecule has 1 amide bonds. The fraction of sp³-hybridized carbons (Fsp3) is 0.367. The van der Waals surface area contributed by atoms with Crippen LogP contribution < -0.4 is 10.1 Å². The quantitative estimate of drug-likeness (QED) is 0.328. The zero-order valence-electron chi connectivity index (χ0n) is 21.3. The van der Waals surface area contributed by atoms with Gasteiger partial charge in [-0.3, -0.25) is 14.6 Å². The summed E-state index contributed by atoms with van der Waals surface area (Å²) in [4.78, 5) is 28.9. The van der Waals surface area contributed by atoms with Gasteiger partial charge in [-0.15, -0.1) is 0 Å². The van der Waals surface area contributed by atoms with E-state index >= 15 is 4.39 Å². The molecule has 0 bridgehead atoms. The van der Waals surface area contributed by atoms with Crippen LogP contribution >= 0.6 is 0 Å². The number of hydrogen-bond acceptors (Lipinski definition) is 4. The Labute approximate surface area is 216 Å². The predicted octanol–water partition coefficient (Wildman–Crippen LogP) is 6.52. The Morgan fingerprint density at radius 1 is 1.14 bits per heavy atom. The Morgan fingerprint density at radius 2 is 1.92 bits per heavy atom. The van der Waals surface area contributed by atoms with E-state index < -0.39 is 17.7 Å². The van der Waals surface area contributed by atoms with E-state index in [1.54, 1.807) is 24.5 Å². The third-order valence-electron chi connectivity index (χ3n) is 7.16. The molecule has 194 valence electrons. The maximum Gasteiger partial charge on any atom is 0.303 e. The van der Waals surface area contributed by atoms with Gasteiger partial charge in [0.1, 0.15) is 11.6 Å². The molecule has 1 atom stereocenters. The Kier molecular flexibility index (Phi) is 8.54. The number of benzene rings is 2. The number of ether oxygens (including phenoxy) is 1. The normalized spacial score (nSPS) is 14.4. The first-order valence-electron chi connectivity index (χ1n) is 12.9. The molecular formula is C30H33FN2O4. The highest BCUT2D eigenvalue weighted by atomic mass is 19.1. The summed E-state index contributed by atoms with van der Waals surface area (Å²) in [7, 11) is 0. The number of aliphatic carboxylic acids is 1. The van der Waals surface area contributed by atoms with Crippen molar-refractivity contribution in [2.45, 2.75) is 58.3 Å². The molecule has 1 aromatic heterocycles. The summed E-state index contributed by atoms with van der Waals surface area (Å²) in [6, 6.07) is 12.3. The minimum atomic E-state index is -0.866. The summed E-state index contributed by atoms with van der Waals surface area (Å²) in [6.07, 6.45) is 7.47. The van der Waals surface area contributed by atoms with E-state index in [2.05, 4.69) is 10.3 Å². The predicted molar refractivity (Wildman–Crippen MR) is 141 cm³/mol. The first kappa shape index (κ1) is 26.3. The van der Waals surface area contributed by atoms with Crippen molar-refractivity contribution >= 4 is 17.6 Å². The summed E-state index contributed by atoms with van der Waals surface area (Å²) < 4.78 is 21.1. The lowest BCUT2D eigenvalue weighted by Gasteiger charge is -2.25. The molecule has 37 heavy (non-hydrogen) atoms. The van der Waals surface area contributed by atoms with Crippen molar-refractivity contribution < 1.29 is 23.8 Å². The van der Waals surface area contributed by atoms with Crippen molar-refractivity contribution in [3.05, 3.63) is 77.4 Å². The number of halogens is 1. The van der Waals surface area contributed by atoms with Crippen LogP contribution in [0.1, 0.15) is 61.6 Å². The Balaban J connectivity index is 1.62. The van der Waals surface area contributed by atoms with Crippen LogP contribution in [0, 0.1) is 18.7 Å². The number of nitrogens with zero attached hydrogens (tertiary/aromatic N) is 1. The molecule has 0 radical (unpaired) electrons. The third-order valence-corrected chi connectivity index (χ3v) is 7.16. The highest BCUT2D eigenvalue weighted by molar-refractivity contribution is 5.97. The maximum atomic E-state index is 15.6. The molecule has 0 aliphatic heterocycles. The number of pyridine rings is 1. The number of rotatable bonds is 10. The minimum Gasteiger partial charge on any atom is -0.492 e. The largest absolute Gasteiger partial charge is 0.492 e. The van der Waals surface area contributed by atoms with Gasteiger partial charge in [0, 0.05) is 29.4 Å². The van der Waals surface area contributed by atoms with Crippen molar-refractivity contribution in [2.75, 3.05) is 11.9 Å². The van der Waals surface area contributed by atoms with Crippen LogP contribution in [0.5, 0.6) is 5.75 Å². The van der Waals surface area contributed by atoms with Crippen LogP contribution in [-0.4, -0.2) is 28.6 Å². The second-order valence-corrected chi connectivity index (χ2v) is 9.57. The number of aromatic nitrogens is 1. The van der Waals surface area contributed by atoms with Gasteiger partial charge >= 0.3 is 5.97 Å². The van der Waals surface area contributed by atoms with E-state index in [-0.39, 0.29) is 18.2 Å². The lowest BCUT2D eigenvalue weighted by atomic mass is 9.83. The monoisotopic (exact) mass is 504 g/mol. The number of carboxylic acid groups (broad SMARTS) is 1. The first-order chi connectivity index (χ1) is 17.9. The molecule has 1 unspecified atom stereocenters. The fourth-order valence-electron chi connectivity index (χ4n) is 5.22. The number of nitrogens with one attached hydrogen (secondary N) is 1. The molecule has 1 heterocycles. The van der Waals surface area contributed by atoms with Crippen molar-refractivity contribution in [1.82, 2.24) is 4.98 Å². The van der Waals surface area contributed by atoms with Crippen LogP contribution in [0.25, 0.3) is 11.1 Å². The highest BCUT2D eigenvalue weighted by Crippen LogP contribution is 2.40. The number of anilines is 1. The minimum absolute atomic E-state index is 0.0174. The number of carbonyl (C=O) groups is 2. The fourth-order valence-corrected chi connectivity index (χ4v) is 5.22. The molecule has 0 saturated heterocycles. The second kappa shape index (κ2) is 12.0. The highest BCUT2D eigenvalue weighted by Gasteiger charge is 2.34. The summed E-state index contributed by atoms with van der Waals surface area (Å²) in [6.45, 7) is 4.28. The van der Waals surface area contributed by atoms with Crippen molar-refractivity contribution in [1.29, 1.82) is 0 Å². The van der Waals surface area contributed by atoms with E-state index in [1.165, 1.54) is 6.07 Å². The number of carbonyl (C=O) groups excluding carboxylic acids is 1. The van der Waals surface area contributed by atoms with E-state index in [9.17, 15) is 9.59 Å². The Bertz CT molecular complexity index is 1270. The van der Waals surface area contributed by atoms with Gasteiger partial charge in [-0.05, 0) is 73.9 Å². The zero-order valence-corrected chi connectivity index (χ0v) is 21.3. The van der Waals surface area contributed by atoms with Crippen LogP contribution in [0.4, 0.5) is 10.1 Å². The standard InChI is InChI=1S/C30H33FN2O4/c1-3-37-24-15-23(17-32-18-24)22-11-13-25(26(31)16-22)29(21-7-4-5-8-21)30(36)33-27-10-6-9-20(19(27)2)12-14-28(34)35/h6,9-11,13,15-18,21,29H,3-5,7-8,12,14H2,1-2H3,(H,33,36)(H,34,35). The Morgan fingerprint density at radius 3 is 2.62 bits per heavy atom. The molecule has 1 saturated carbocycles. The molecule has 6 nitrogen and oxygen atoms in total. The van der Waals surface area contributed by atoms with Gasteiger partial charge in [0.05, 0.1) is 18.7 Å². The topological polar surface area (TPSA) is 88.5 Å². The van der Waals surface area contributed by atoms with Gasteiger partial charge in [-0.1, -0.05) is 37.1 Å². The molecule has 0 spiro atoms. The molecule has 1 fully saturated rings. The van der Waals surface area contributed by atoms with Crippen molar-refractivity contribution in [2.24, 2.45) is 5.92 Å². The molecule has 2 aromatic carbocycles. The third kappa shape index (κ3) is 6.34. The molecule has 3 aromatic rings. The van der Waals surface area contributed by atoms with Crippen molar-refractivity contribution in [3.63, 3.8) is 0 Å². The SMILES string of the molecule is CCOc1cncc(-c2ccc(C(C(=O)Nc3cccc(CCC(=O)O)c3C)C3CCCC3)c(F)c2)c1. The lowest BCUT2D eigenvalue weighted by molar-refractivity contribution is -0.137. The average molecular weight is 505 g/mol. The number of aryl methyl sites for hydroxylation is 1. The van der Waals surface area contributed by atoms with Crippen LogP contribution in [0.15, 0.2) is 54.9 Å². The van der Waals surface area contributed by atoms with Gasteiger partial charge in [0.15, 0.2) is 0 Å². The first-order valence-corrected chi connectivity index (χ1v) is 12.9. The summed E-state index contributed by atoms with van der Waals surface area (Å²) >= 11 is 0. The number of carboxylic acids is 1. The molecular weight excluding hydrogens is 471 g/mol.